The molecule has 7 nitrogen and oxygen atoms in total. The van der Waals surface area contributed by atoms with Crippen molar-refractivity contribution in [3.63, 3.8) is 0 Å². The molecule has 0 atom stereocenters. The molecule has 3 heterocycles. The van der Waals surface area contributed by atoms with Crippen molar-refractivity contribution in [3.05, 3.63) is 53.4 Å². The number of carbonyl (C=O) groups is 1. The molecule has 4 rings (SSSR count). The third kappa shape index (κ3) is 4.57. The van der Waals surface area contributed by atoms with Crippen molar-refractivity contribution in [2.24, 2.45) is 0 Å². The molecular weight excluding hydrogens is 393 g/mol. The molecule has 1 N–H and O–H groups in total. The second-order valence-electron chi connectivity index (χ2n) is 6.71. The van der Waals surface area contributed by atoms with Crippen molar-refractivity contribution in [1.82, 2.24) is 15.0 Å². The van der Waals surface area contributed by atoms with Crippen LogP contribution in [0.4, 0.5) is 15.3 Å². The van der Waals surface area contributed by atoms with E-state index in [-0.39, 0.29) is 11.7 Å². The summed E-state index contributed by atoms with van der Waals surface area (Å²) in [6.45, 7) is 1.50. The SMILES string of the molecule is CN(C(=O)c1ccc(F)cc1)c1nc(-c2cc(NC3CCOCC3)ncn2)cs1. The maximum Gasteiger partial charge on any atom is 0.259 e. The fourth-order valence-corrected chi connectivity index (χ4v) is 3.82. The third-order valence-corrected chi connectivity index (χ3v) is 5.59. The molecule has 1 saturated heterocycles. The Hall–Kier alpha value is -2.91. The van der Waals surface area contributed by atoms with Crippen LogP contribution in [0.25, 0.3) is 11.4 Å². The fourth-order valence-electron chi connectivity index (χ4n) is 3.04. The number of nitrogens with zero attached hydrogens (tertiary/aromatic N) is 4. The maximum absolute atomic E-state index is 13.1. The van der Waals surface area contributed by atoms with Gasteiger partial charge in [-0.05, 0) is 37.1 Å². The topological polar surface area (TPSA) is 80.2 Å². The van der Waals surface area contributed by atoms with E-state index in [0.29, 0.717) is 28.1 Å². The van der Waals surface area contributed by atoms with Gasteiger partial charge in [0.15, 0.2) is 5.13 Å². The minimum absolute atomic E-state index is 0.254. The first-order valence-corrected chi connectivity index (χ1v) is 10.1. The summed E-state index contributed by atoms with van der Waals surface area (Å²) >= 11 is 1.34. The van der Waals surface area contributed by atoms with E-state index in [1.54, 1.807) is 7.05 Å². The van der Waals surface area contributed by atoms with Crippen LogP contribution in [0, 0.1) is 5.82 Å². The maximum atomic E-state index is 13.1. The first-order chi connectivity index (χ1) is 14.1. The summed E-state index contributed by atoms with van der Waals surface area (Å²) in [5.41, 5.74) is 1.75. The van der Waals surface area contributed by atoms with Crippen molar-refractivity contribution in [2.45, 2.75) is 18.9 Å². The molecule has 9 heteroatoms. The number of nitrogens with one attached hydrogen (secondary N) is 1. The number of halogens is 1. The predicted molar refractivity (Wildman–Crippen MR) is 110 cm³/mol. The van der Waals surface area contributed by atoms with E-state index in [1.165, 1.54) is 46.8 Å². The highest BCUT2D eigenvalue weighted by Crippen LogP contribution is 2.27. The molecule has 1 aromatic carbocycles. The van der Waals surface area contributed by atoms with Crippen LogP contribution in [0.15, 0.2) is 42.0 Å². The van der Waals surface area contributed by atoms with Crippen LogP contribution in [0.2, 0.25) is 0 Å². The standard InChI is InChI=1S/C20H20FN5O2S/c1-26(19(27)13-2-4-14(21)5-3-13)20-25-17(11-29-20)16-10-18(23-12-22-16)24-15-6-8-28-9-7-15/h2-5,10-12,15H,6-9H2,1H3,(H,22,23,24). The number of anilines is 2. The highest BCUT2D eigenvalue weighted by Gasteiger charge is 2.18. The first kappa shape index (κ1) is 19.4. The Morgan fingerprint density at radius 1 is 1.21 bits per heavy atom. The molecule has 0 bridgehead atoms. The molecule has 1 aliphatic heterocycles. The number of hydrogen-bond acceptors (Lipinski definition) is 7. The molecule has 0 unspecified atom stereocenters. The van der Waals surface area contributed by atoms with Gasteiger partial charge < -0.3 is 10.1 Å². The molecule has 29 heavy (non-hydrogen) atoms. The Morgan fingerprint density at radius 3 is 2.72 bits per heavy atom. The Bertz CT molecular complexity index is 989. The first-order valence-electron chi connectivity index (χ1n) is 9.26. The Labute approximate surface area is 171 Å². The Kier molecular flexibility index (Phi) is 5.77. The van der Waals surface area contributed by atoms with Gasteiger partial charge in [0.25, 0.3) is 5.91 Å². The van der Waals surface area contributed by atoms with Crippen molar-refractivity contribution in [1.29, 1.82) is 0 Å². The van der Waals surface area contributed by atoms with Crippen LogP contribution in [0.3, 0.4) is 0 Å². The van der Waals surface area contributed by atoms with E-state index in [1.807, 2.05) is 11.4 Å². The van der Waals surface area contributed by atoms with Crippen LogP contribution in [-0.2, 0) is 4.74 Å². The lowest BCUT2D eigenvalue weighted by atomic mass is 10.1. The van der Waals surface area contributed by atoms with Gasteiger partial charge in [0.2, 0.25) is 0 Å². The van der Waals surface area contributed by atoms with Crippen molar-refractivity contribution in [2.75, 3.05) is 30.5 Å². The molecule has 3 aromatic rings. The summed E-state index contributed by atoms with van der Waals surface area (Å²) in [7, 11) is 1.65. The van der Waals surface area contributed by atoms with Crippen LogP contribution in [-0.4, -0.2) is 47.2 Å². The predicted octanol–water partition coefficient (Wildman–Crippen LogP) is 3.61. The van der Waals surface area contributed by atoms with Crippen LogP contribution in [0.1, 0.15) is 23.2 Å². The van der Waals surface area contributed by atoms with Gasteiger partial charge >= 0.3 is 0 Å². The lowest BCUT2D eigenvalue weighted by Crippen LogP contribution is -2.28. The zero-order chi connectivity index (χ0) is 20.2. The zero-order valence-corrected chi connectivity index (χ0v) is 16.7. The largest absolute Gasteiger partial charge is 0.381 e. The van der Waals surface area contributed by atoms with E-state index in [4.69, 9.17) is 4.74 Å². The second-order valence-corrected chi connectivity index (χ2v) is 7.54. The van der Waals surface area contributed by atoms with E-state index in [0.717, 1.165) is 31.9 Å². The number of ether oxygens (including phenoxy) is 1. The molecule has 0 spiro atoms. The van der Waals surface area contributed by atoms with Gasteiger partial charge in [-0.15, -0.1) is 11.3 Å². The number of carbonyl (C=O) groups excluding carboxylic acids is 1. The van der Waals surface area contributed by atoms with E-state index in [2.05, 4.69) is 20.3 Å². The molecule has 0 saturated carbocycles. The number of rotatable bonds is 5. The summed E-state index contributed by atoms with van der Waals surface area (Å²) in [5.74, 6) is 0.109. The van der Waals surface area contributed by atoms with Crippen LogP contribution >= 0.6 is 11.3 Å². The lowest BCUT2D eigenvalue weighted by Gasteiger charge is -2.23. The molecule has 1 fully saturated rings. The van der Waals surface area contributed by atoms with E-state index in [9.17, 15) is 9.18 Å². The lowest BCUT2D eigenvalue weighted by molar-refractivity contribution is 0.0904. The van der Waals surface area contributed by atoms with Crippen molar-refractivity contribution >= 4 is 28.2 Å². The number of hydrogen-bond donors (Lipinski definition) is 1. The second kappa shape index (κ2) is 8.62. The molecule has 2 aromatic heterocycles. The smallest absolute Gasteiger partial charge is 0.259 e. The summed E-state index contributed by atoms with van der Waals surface area (Å²) in [4.78, 5) is 27.2. The van der Waals surface area contributed by atoms with Gasteiger partial charge in [-0.25, -0.2) is 19.3 Å². The molecule has 150 valence electrons. The fraction of sp³-hybridized carbons (Fsp3) is 0.300. The molecule has 1 amide bonds. The highest BCUT2D eigenvalue weighted by molar-refractivity contribution is 7.14. The van der Waals surface area contributed by atoms with Gasteiger partial charge in [-0.1, -0.05) is 0 Å². The van der Waals surface area contributed by atoms with Crippen molar-refractivity contribution in [3.8, 4) is 11.4 Å². The normalized spacial score (nSPS) is 14.6. The monoisotopic (exact) mass is 413 g/mol. The number of benzene rings is 1. The molecule has 0 aliphatic carbocycles. The molecule has 0 radical (unpaired) electrons. The van der Waals surface area contributed by atoms with Gasteiger partial charge in [0.1, 0.15) is 23.7 Å². The number of thiazole rings is 1. The van der Waals surface area contributed by atoms with Crippen molar-refractivity contribution < 1.29 is 13.9 Å². The number of aromatic nitrogens is 3. The third-order valence-electron chi connectivity index (χ3n) is 4.68. The van der Waals surface area contributed by atoms with Gasteiger partial charge in [0, 0.05) is 43.3 Å². The molecular formula is C20H20FN5O2S. The van der Waals surface area contributed by atoms with Gasteiger partial charge in [0.05, 0.1) is 5.69 Å². The average Bonchev–Trinajstić information content (AvgIpc) is 3.24. The average molecular weight is 413 g/mol. The van der Waals surface area contributed by atoms with Crippen LogP contribution < -0.4 is 10.2 Å². The van der Waals surface area contributed by atoms with Crippen LogP contribution in [0.5, 0.6) is 0 Å². The summed E-state index contributed by atoms with van der Waals surface area (Å²) < 4.78 is 18.5. The minimum atomic E-state index is -0.380. The molecule has 1 aliphatic rings. The summed E-state index contributed by atoms with van der Waals surface area (Å²) in [6.07, 6.45) is 3.39. The summed E-state index contributed by atoms with van der Waals surface area (Å²) in [5, 5.41) is 5.80. The zero-order valence-electron chi connectivity index (χ0n) is 15.8. The van der Waals surface area contributed by atoms with Gasteiger partial charge in [-0.2, -0.15) is 0 Å². The highest BCUT2D eigenvalue weighted by atomic mass is 32.1. The van der Waals surface area contributed by atoms with Gasteiger partial charge in [-0.3, -0.25) is 9.69 Å². The Balaban J connectivity index is 1.49. The Morgan fingerprint density at radius 2 is 1.97 bits per heavy atom. The van der Waals surface area contributed by atoms with E-state index < -0.39 is 0 Å². The summed E-state index contributed by atoms with van der Waals surface area (Å²) in [6, 6.07) is 7.64. The minimum Gasteiger partial charge on any atom is -0.381 e. The quantitative estimate of drug-likeness (QED) is 0.688. The van der Waals surface area contributed by atoms with E-state index >= 15 is 0 Å². The number of amides is 1.